The number of hydrogen-bond donors (Lipinski definition) is 0. The Kier molecular flexibility index (Phi) is 5.80. The first-order valence-corrected chi connectivity index (χ1v) is 9.23. The molecule has 0 amide bonds. The lowest BCUT2D eigenvalue weighted by Crippen LogP contribution is -2.02. The Morgan fingerprint density at radius 2 is 1.88 bits per heavy atom. The fourth-order valence-electron chi connectivity index (χ4n) is 2.34. The molecule has 0 N–H and O–H groups in total. The smallest absolute Gasteiger partial charge is 0.308 e. The van der Waals surface area contributed by atoms with E-state index < -0.39 is 0 Å². The minimum atomic E-state index is -0.342. The molecule has 0 aliphatic rings. The molecule has 7 heteroatoms. The number of carbonyl (C=O) groups is 1. The van der Waals surface area contributed by atoms with E-state index in [1.165, 1.54) is 18.7 Å². The summed E-state index contributed by atoms with van der Waals surface area (Å²) in [6, 6.07) is 17.2. The van der Waals surface area contributed by atoms with Gasteiger partial charge in [0, 0.05) is 13.3 Å². The van der Waals surface area contributed by atoms with Crippen molar-refractivity contribution in [3.8, 4) is 5.75 Å². The van der Waals surface area contributed by atoms with Crippen LogP contribution >= 0.6 is 11.8 Å². The van der Waals surface area contributed by atoms with Crippen LogP contribution in [0.1, 0.15) is 23.9 Å². The minimum Gasteiger partial charge on any atom is -0.427 e. The third kappa shape index (κ3) is 4.58. The maximum atomic E-state index is 11.0. The third-order valence-corrected chi connectivity index (χ3v) is 4.15. The van der Waals surface area contributed by atoms with Gasteiger partial charge in [-0.2, -0.15) is 9.78 Å². The molecule has 0 atom stereocenters. The molecular weight excluding hydrogens is 348 g/mol. The van der Waals surface area contributed by atoms with Gasteiger partial charge in [-0.1, -0.05) is 42.1 Å². The quantitative estimate of drug-likeness (QED) is 0.289. The summed E-state index contributed by atoms with van der Waals surface area (Å²) < 4.78 is 6.78. The summed E-state index contributed by atoms with van der Waals surface area (Å²) in [7, 11) is 0. The monoisotopic (exact) mass is 366 g/mol. The van der Waals surface area contributed by atoms with Crippen LogP contribution in [0.25, 0.3) is 0 Å². The molecule has 0 spiro atoms. The maximum absolute atomic E-state index is 11.0. The number of ether oxygens (including phenoxy) is 1. The molecule has 1 heterocycles. The Labute approximate surface area is 155 Å². The van der Waals surface area contributed by atoms with Crippen molar-refractivity contribution in [1.29, 1.82) is 0 Å². The highest BCUT2D eigenvalue weighted by molar-refractivity contribution is 7.98. The van der Waals surface area contributed by atoms with Crippen LogP contribution in [0.2, 0.25) is 0 Å². The maximum Gasteiger partial charge on any atom is 0.308 e. The molecule has 0 aliphatic heterocycles. The van der Waals surface area contributed by atoms with Crippen molar-refractivity contribution in [2.24, 2.45) is 5.10 Å². The highest BCUT2D eigenvalue weighted by Gasteiger charge is 2.11. The topological polar surface area (TPSA) is 69.4 Å². The van der Waals surface area contributed by atoms with E-state index >= 15 is 0 Å². The molecule has 6 nitrogen and oxygen atoms in total. The standard InChI is InChI=1S/C19H18N4O2S/c1-14(24)25-17-10-8-16(9-11-17)13-20-23-18(21-22-19(23)26-2)12-15-6-4-3-5-7-15/h3-11,13H,12H2,1-2H3/b20-13-. The lowest BCUT2D eigenvalue weighted by atomic mass is 10.1. The van der Waals surface area contributed by atoms with Crippen LogP contribution in [0.5, 0.6) is 5.75 Å². The van der Waals surface area contributed by atoms with E-state index in [0.29, 0.717) is 12.2 Å². The summed E-state index contributed by atoms with van der Waals surface area (Å²) in [4.78, 5) is 11.0. The van der Waals surface area contributed by atoms with Crippen LogP contribution in [0.3, 0.4) is 0 Å². The van der Waals surface area contributed by atoms with Gasteiger partial charge < -0.3 is 4.74 Å². The second kappa shape index (κ2) is 8.44. The fourth-order valence-corrected chi connectivity index (χ4v) is 2.79. The second-order valence-electron chi connectivity index (χ2n) is 5.48. The summed E-state index contributed by atoms with van der Waals surface area (Å²) in [5, 5.41) is 13.7. The molecule has 0 aliphatic carbocycles. The van der Waals surface area contributed by atoms with Gasteiger partial charge in [0.05, 0.1) is 6.21 Å². The van der Waals surface area contributed by atoms with Crippen LogP contribution in [0, 0.1) is 0 Å². The highest BCUT2D eigenvalue weighted by atomic mass is 32.2. The van der Waals surface area contributed by atoms with Gasteiger partial charge in [-0.3, -0.25) is 4.79 Å². The van der Waals surface area contributed by atoms with Crippen molar-refractivity contribution in [2.45, 2.75) is 18.5 Å². The zero-order valence-electron chi connectivity index (χ0n) is 14.5. The fraction of sp³-hybridized carbons (Fsp3) is 0.158. The Bertz CT molecular complexity index is 905. The first-order valence-electron chi connectivity index (χ1n) is 8.01. The normalized spacial score (nSPS) is 11.0. The predicted molar refractivity (Wildman–Crippen MR) is 102 cm³/mol. The van der Waals surface area contributed by atoms with Gasteiger partial charge in [0.2, 0.25) is 5.16 Å². The summed E-state index contributed by atoms with van der Waals surface area (Å²) in [6.07, 6.45) is 4.32. The number of rotatable bonds is 6. The molecule has 3 aromatic rings. The van der Waals surface area contributed by atoms with Gasteiger partial charge >= 0.3 is 5.97 Å². The molecular formula is C19H18N4O2S. The molecule has 0 radical (unpaired) electrons. The number of nitrogens with zero attached hydrogens (tertiary/aromatic N) is 4. The summed E-state index contributed by atoms with van der Waals surface area (Å²) >= 11 is 1.49. The lowest BCUT2D eigenvalue weighted by Gasteiger charge is -2.04. The van der Waals surface area contributed by atoms with Crippen LogP contribution < -0.4 is 4.74 Å². The van der Waals surface area contributed by atoms with E-state index in [1.54, 1.807) is 23.0 Å². The van der Waals surface area contributed by atoms with Gasteiger partial charge in [-0.25, -0.2) is 0 Å². The Morgan fingerprint density at radius 1 is 1.15 bits per heavy atom. The molecule has 0 fully saturated rings. The Morgan fingerprint density at radius 3 is 2.54 bits per heavy atom. The van der Waals surface area contributed by atoms with Crippen LogP contribution in [-0.2, 0) is 11.2 Å². The zero-order chi connectivity index (χ0) is 18.4. The molecule has 2 aromatic carbocycles. The van der Waals surface area contributed by atoms with E-state index in [2.05, 4.69) is 27.4 Å². The molecule has 0 saturated heterocycles. The lowest BCUT2D eigenvalue weighted by molar-refractivity contribution is -0.131. The molecule has 0 unspecified atom stereocenters. The van der Waals surface area contributed by atoms with E-state index in [-0.39, 0.29) is 5.97 Å². The predicted octanol–water partition coefficient (Wildman–Crippen LogP) is 3.40. The van der Waals surface area contributed by atoms with Gasteiger partial charge in [0.25, 0.3) is 0 Å². The highest BCUT2D eigenvalue weighted by Crippen LogP contribution is 2.17. The first-order chi connectivity index (χ1) is 12.7. The van der Waals surface area contributed by atoms with Crippen LogP contribution in [0.4, 0.5) is 0 Å². The van der Waals surface area contributed by atoms with Crippen molar-refractivity contribution in [3.05, 3.63) is 71.5 Å². The second-order valence-corrected chi connectivity index (χ2v) is 6.26. The van der Waals surface area contributed by atoms with E-state index in [9.17, 15) is 4.79 Å². The van der Waals surface area contributed by atoms with Gasteiger partial charge in [-0.15, -0.1) is 10.2 Å². The first kappa shape index (κ1) is 17.9. The number of thioether (sulfide) groups is 1. The van der Waals surface area contributed by atoms with E-state index in [1.807, 2.05) is 36.6 Å². The van der Waals surface area contributed by atoms with Crippen LogP contribution in [0.15, 0.2) is 64.9 Å². The number of aromatic nitrogens is 3. The summed E-state index contributed by atoms with van der Waals surface area (Å²) in [5.74, 6) is 0.938. The largest absolute Gasteiger partial charge is 0.427 e. The molecule has 0 saturated carbocycles. The summed E-state index contributed by atoms with van der Waals surface area (Å²) in [6.45, 7) is 1.37. The van der Waals surface area contributed by atoms with Crippen molar-refractivity contribution >= 4 is 23.9 Å². The number of benzene rings is 2. The summed E-state index contributed by atoms with van der Waals surface area (Å²) in [5.41, 5.74) is 2.03. The van der Waals surface area contributed by atoms with E-state index in [0.717, 1.165) is 22.1 Å². The Balaban J connectivity index is 1.81. The minimum absolute atomic E-state index is 0.342. The van der Waals surface area contributed by atoms with Crippen molar-refractivity contribution in [3.63, 3.8) is 0 Å². The Hall–Kier alpha value is -2.93. The SMILES string of the molecule is CSc1nnc(Cc2ccccc2)n1/N=C\c1ccc(OC(C)=O)cc1. The average Bonchev–Trinajstić information content (AvgIpc) is 3.03. The molecule has 0 bridgehead atoms. The van der Waals surface area contributed by atoms with Crippen molar-refractivity contribution < 1.29 is 9.53 Å². The zero-order valence-corrected chi connectivity index (χ0v) is 15.3. The molecule has 132 valence electrons. The van der Waals surface area contributed by atoms with Crippen LogP contribution in [-0.4, -0.2) is 33.3 Å². The molecule has 26 heavy (non-hydrogen) atoms. The number of carbonyl (C=O) groups excluding carboxylic acids is 1. The molecule has 3 rings (SSSR count). The molecule has 1 aromatic heterocycles. The average molecular weight is 366 g/mol. The van der Waals surface area contributed by atoms with Gasteiger partial charge in [-0.05, 0) is 41.6 Å². The van der Waals surface area contributed by atoms with Crippen molar-refractivity contribution in [1.82, 2.24) is 14.9 Å². The van der Waals surface area contributed by atoms with Gasteiger partial charge in [0.15, 0.2) is 5.82 Å². The number of esters is 1. The van der Waals surface area contributed by atoms with Gasteiger partial charge in [0.1, 0.15) is 5.75 Å². The van der Waals surface area contributed by atoms with Crippen molar-refractivity contribution in [2.75, 3.05) is 6.26 Å². The number of hydrogen-bond acceptors (Lipinski definition) is 6. The third-order valence-electron chi connectivity index (χ3n) is 3.53. The van der Waals surface area contributed by atoms with E-state index in [4.69, 9.17) is 4.74 Å².